The Morgan fingerprint density at radius 1 is 1.57 bits per heavy atom. The highest BCUT2D eigenvalue weighted by Gasteiger charge is 2.16. The Kier molecular flexibility index (Phi) is 3.34. The first-order valence-corrected chi connectivity index (χ1v) is 6.08. The summed E-state index contributed by atoms with van der Waals surface area (Å²) in [6.45, 7) is 3.79. The van der Waals surface area contributed by atoms with E-state index in [4.69, 9.17) is 0 Å². The standard InChI is InChI=1S/C9H16N2O2S/c1-4-8(2)10-14(12,13)9-5-6-11(3)7-9/h5-8,10H,4H2,1-3H3/t8-/m1/s1. The van der Waals surface area contributed by atoms with E-state index >= 15 is 0 Å². The molecule has 1 heterocycles. The van der Waals surface area contributed by atoms with Gasteiger partial charge in [-0.25, -0.2) is 13.1 Å². The second kappa shape index (κ2) is 4.14. The highest BCUT2D eigenvalue weighted by atomic mass is 32.2. The van der Waals surface area contributed by atoms with Crippen molar-refractivity contribution in [3.05, 3.63) is 18.5 Å². The molecule has 0 spiro atoms. The molecule has 0 saturated heterocycles. The van der Waals surface area contributed by atoms with Crippen LogP contribution in [0, 0.1) is 0 Å². The molecule has 0 saturated carbocycles. The molecular weight excluding hydrogens is 200 g/mol. The number of nitrogens with one attached hydrogen (secondary N) is 1. The molecule has 0 bridgehead atoms. The maximum atomic E-state index is 11.7. The molecule has 0 aliphatic heterocycles. The average Bonchev–Trinajstić information content (AvgIpc) is 2.51. The molecule has 0 amide bonds. The minimum absolute atomic E-state index is 0.0276. The molecule has 14 heavy (non-hydrogen) atoms. The molecule has 0 unspecified atom stereocenters. The third-order valence-corrected chi connectivity index (χ3v) is 3.66. The van der Waals surface area contributed by atoms with Gasteiger partial charge in [0, 0.05) is 25.5 Å². The topological polar surface area (TPSA) is 51.1 Å². The predicted molar refractivity (Wildman–Crippen MR) is 55.5 cm³/mol. The first-order valence-electron chi connectivity index (χ1n) is 4.60. The first-order chi connectivity index (χ1) is 6.45. The monoisotopic (exact) mass is 216 g/mol. The molecule has 1 atom stereocenters. The molecule has 1 N–H and O–H groups in total. The number of hydrogen-bond donors (Lipinski definition) is 1. The highest BCUT2D eigenvalue weighted by Crippen LogP contribution is 2.09. The smallest absolute Gasteiger partial charge is 0.242 e. The van der Waals surface area contributed by atoms with Crippen LogP contribution < -0.4 is 4.72 Å². The van der Waals surface area contributed by atoms with Gasteiger partial charge in [0.05, 0.1) is 4.90 Å². The SMILES string of the molecule is CC[C@@H](C)NS(=O)(=O)c1ccn(C)c1. The molecule has 4 nitrogen and oxygen atoms in total. The van der Waals surface area contributed by atoms with E-state index in [9.17, 15) is 8.42 Å². The maximum absolute atomic E-state index is 11.7. The van der Waals surface area contributed by atoms with Crippen molar-refractivity contribution in [1.29, 1.82) is 0 Å². The summed E-state index contributed by atoms with van der Waals surface area (Å²) < 4.78 is 27.7. The van der Waals surface area contributed by atoms with Crippen molar-refractivity contribution in [2.75, 3.05) is 0 Å². The van der Waals surface area contributed by atoms with Gasteiger partial charge >= 0.3 is 0 Å². The fourth-order valence-corrected chi connectivity index (χ4v) is 2.43. The summed E-state index contributed by atoms with van der Waals surface area (Å²) in [6.07, 6.45) is 4.09. The van der Waals surface area contributed by atoms with Gasteiger partial charge in [-0.05, 0) is 19.4 Å². The number of hydrogen-bond acceptors (Lipinski definition) is 2. The van der Waals surface area contributed by atoms with E-state index in [1.165, 1.54) is 0 Å². The third-order valence-electron chi connectivity index (χ3n) is 2.08. The van der Waals surface area contributed by atoms with Gasteiger partial charge in [-0.1, -0.05) is 6.92 Å². The summed E-state index contributed by atoms with van der Waals surface area (Å²) in [5, 5.41) is 0. The van der Waals surface area contributed by atoms with E-state index in [2.05, 4.69) is 4.72 Å². The van der Waals surface area contributed by atoms with Gasteiger partial charge < -0.3 is 4.57 Å². The van der Waals surface area contributed by atoms with Crippen LogP contribution in [-0.4, -0.2) is 19.0 Å². The highest BCUT2D eigenvalue weighted by molar-refractivity contribution is 7.89. The minimum Gasteiger partial charge on any atom is -0.356 e. The first kappa shape index (κ1) is 11.3. The van der Waals surface area contributed by atoms with Crippen molar-refractivity contribution in [2.24, 2.45) is 7.05 Å². The summed E-state index contributed by atoms with van der Waals surface area (Å²) in [4.78, 5) is 0.320. The van der Waals surface area contributed by atoms with Gasteiger partial charge in [-0.2, -0.15) is 0 Å². The summed E-state index contributed by atoms with van der Waals surface area (Å²) >= 11 is 0. The van der Waals surface area contributed by atoms with Crippen LogP contribution in [0.15, 0.2) is 23.4 Å². The van der Waals surface area contributed by atoms with Crippen LogP contribution in [0.4, 0.5) is 0 Å². The van der Waals surface area contributed by atoms with Crippen LogP contribution in [0.3, 0.4) is 0 Å². The number of nitrogens with zero attached hydrogens (tertiary/aromatic N) is 1. The minimum atomic E-state index is -3.32. The van der Waals surface area contributed by atoms with E-state index in [0.717, 1.165) is 6.42 Å². The Morgan fingerprint density at radius 2 is 2.21 bits per heavy atom. The van der Waals surface area contributed by atoms with E-state index < -0.39 is 10.0 Å². The van der Waals surface area contributed by atoms with Gasteiger partial charge in [0.2, 0.25) is 10.0 Å². The number of sulfonamides is 1. The number of aryl methyl sites for hydroxylation is 1. The van der Waals surface area contributed by atoms with Crippen molar-refractivity contribution in [2.45, 2.75) is 31.2 Å². The van der Waals surface area contributed by atoms with Crippen LogP contribution in [0.1, 0.15) is 20.3 Å². The Balaban J connectivity index is 2.86. The zero-order valence-corrected chi connectivity index (χ0v) is 9.50. The van der Waals surface area contributed by atoms with Crippen LogP contribution in [0.5, 0.6) is 0 Å². The molecular formula is C9H16N2O2S. The quantitative estimate of drug-likeness (QED) is 0.819. The van der Waals surface area contributed by atoms with Crippen LogP contribution in [0.2, 0.25) is 0 Å². The summed E-state index contributed by atoms with van der Waals surface area (Å²) in [7, 11) is -1.53. The third kappa shape index (κ3) is 2.59. The molecule has 5 heteroatoms. The molecule has 1 rings (SSSR count). The second-order valence-corrected chi connectivity index (χ2v) is 5.16. The molecule has 1 aromatic heterocycles. The van der Waals surface area contributed by atoms with Crippen molar-refractivity contribution in [1.82, 2.24) is 9.29 Å². The number of rotatable bonds is 4. The summed E-state index contributed by atoms with van der Waals surface area (Å²) in [6, 6.07) is 1.56. The summed E-state index contributed by atoms with van der Waals surface area (Å²) in [5.41, 5.74) is 0. The normalized spacial score (nSPS) is 14.2. The fourth-order valence-electron chi connectivity index (χ4n) is 1.05. The number of aromatic nitrogens is 1. The van der Waals surface area contributed by atoms with Gasteiger partial charge in [-0.15, -0.1) is 0 Å². The lowest BCUT2D eigenvalue weighted by Gasteiger charge is -2.10. The lowest BCUT2D eigenvalue weighted by molar-refractivity contribution is 0.555. The molecule has 0 fully saturated rings. The summed E-state index contributed by atoms with van der Waals surface area (Å²) in [5.74, 6) is 0. The average molecular weight is 216 g/mol. The second-order valence-electron chi connectivity index (χ2n) is 3.44. The molecule has 0 aliphatic carbocycles. The largest absolute Gasteiger partial charge is 0.356 e. The van der Waals surface area contributed by atoms with E-state index in [1.807, 2.05) is 13.8 Å². The zero-order valence-electron chi connectivity index (χ0n) is 8.69. The van der Waals surface area contributed by atoms with Gasteiger partial charge in [0.25, 0.3) is 0 Å². The van der Waals surface area contributed by atoms with Crippen LogP contribution in [-0.2, 0) is 17.1 Å². The van der Waals surface area contributed by atoms with E-state index in [0.29, 0.717) is 4.90 Å². The van der Waals surface area contributed by atoms with Gasteiger partial charge in [0.1, 0.15) is 0 Å². The predicted octanol–water partition coefficient (Wildman–Crippen LogP) is 1.10. The van der Waals surface area contributed by atoms with Crippen LogP contribution in [0.25, 0.3) is 0 Å². The molecule has 0 aromatic carbocycles. The van der Waals surface area contributed by atoms with Crippen molar-refractivity contribution in [3.8, 4) is 0 Å². The molecule has 80 valence electrons. The lowest BCUT2D eigenvalue weighted by atomic mass is 10.3. The van der Waals surface area contributed by atoms with Gasteiger partial charge in [-0.3, -0.25) is 0 Å². The van der Waals surface area contributed by atoms with Gasteiger partial charge in [0.15, 0.2) is 0 Å². The molecule has 0 radical (unpaired) electrons. The molecule has 1 aromatic rings. The van der Waals surface area contributed by atoms with Crippen molar-refractivity contribution in [3.63, 3.8) is 0 Å². The Hall–Kier alpha value is -0.810. The molecule has 0 aliphatic rings. The van der Waals surface area contributed by atoms with Crippen molar-refractivity contribution < 1.29 is 8.42 Å². The zero-order chi connectivity index (χ0) is 10.8. The Morgan fingerprint density at radius 3 is 2.64 bits per heavy atom. The van der Waals surface area contributed by atoms with Crippen LogP contribution >= 0.6 is 0 Å². The van der Waals surface area contributed by atoms with E-state index in [-0.39, 0.29) is 6.04 Å². The lowest BCUT2D eigenvalue weighted by Crippen LogP contribution is -2.31. The van der Waals surface area contributed by atoms with E-state index in [1.54, 1.807) is 30.1 Å². The Labute approximate surface area is 85.0 Å². The Bertz CT molecular complexity index is 395. The van der Waals surface area contributed by atoms with Crippen molar-refractivity contribution >= 4 is 10.0 Å². The maximum Gasteiger partial charge on any atom is 0.242 e. The fraction of sp³-hybridized carbons (Fsp3) is 0.556.